The SMILES string of the molecule is O=C(Nc1ccc(F)cc1)c1ccc(Cl)nn1. The van der Waals surface area contributed by atoms with Crippen LogP contribution >= 0.6 is 11.6 Å². The number of rotatable bonds is 2. The summed E-state index contributed by atoms with van der Waals surface area (Å²) in [6.07, 6.45) is 0. The summed E-state index contributed by atoms with van der Waals surface area (Å²) in [5.41, 5.74) is 0.617. The standard InChI is InChI=1S/C11H7ClFN3O/c12-10-6-5-9(15-16-10)11(17)14-8-3-1-7(13)2-4-8/h1-6H,(H,14,17). The van der Waals surface area contributed by atoms with Crippen molar-refractivity contribution in [2.45, 2.75) is 0 Å². The molecular weight excluding hydrogens is 245 g/mol. The van der Waals surface area contributed by atoms with Gasteiger partial charge in [-0.25, -0.2) is 4.39 Å². The van der Waals surface area contributed by atoms with Crippen LogP contribution in [-0.4, -0.2) is 16.1 Å². The first-order valence-corrected chi connectivity index (χ1v) is 5.09. The van der Waals surface area contributed by atoms with E-state index in [0.717, 1.165) is 0 Å². The molecule has 2 aromatic rings. The van der Waals surface area contributed by atoms with Crippen LogP contribution in [0.3, 0.4) is 0 Å². The van der Waals surface area contributed by atoms with E-state index < -0.39 is 5.91 Å². The van der Waals surface area contributed by atoms with Crippen LogP contribution in [0.25, 0.3) is 0 Å². The van der Waals surface area contributed by atoms with Gasteiger partial charge in [-0.2, -0.15) is 0 Å². The molecule has 0 spiro atoms. The third-order valence-electron chi connectivity index (χ3n) is 1.97. The molecule has 0 aliphatic rings. The molecule has 6 heteroatoms. The molecule has 0 aliphatic carbocycles. The first-order chi connectivity index (χ1) is 8.15. The van der Waals surface area contributed by atoms with E-state index in [9.17, 15) is 9.18 Å². The van der Waals surface area contributed by atoms with Crippen molar-refractivity contribution >= 4 is 23.2 Å². The average Bonchev–Trinajstić information content (AvgIpc) is 2.33. The summed E-state index contributed by atoms with van der Waals surface area (Å²) in [6.45, 7) is 0. The molecule has 4 nitrogen and oxygen atoms in total. The zero-order valence-electron chi connectivity index (χ0n) is 8.52. The number of aromatic nitrogens is 2. The van der Waals surface area contributed by atoms with Crippen LogP contribution in [-0.2, 0) is 0 Å². The number of hydrogen-bond donors (Lipinski definition) is 1. The topological polar surface area (TPSA) is 54.9 Å². The molecule has 1 heterocycles. The van der Waals surface area contributed by atoms with E-state index in [1.807, 2.05) is 0 Å². The zero-order valence-corrected chi connectivity index (χ0v) is 9.28. The number of nitrogens with zero attached hydrogens (tertiary/aromatic N) is 2. The van der Waals surface area contributed by atoms with E-state index in [1.54, 1.807) is 0 Å². The second-order valence-corrected chi connectivity index (χ2v) is 3.59. The van der Waals surface area contributed by atoms with Crippen LogP contribution in [0.5, 0.6) is 0 Å². The van der Waals surface area contributed by atoms with Crippen molar-refractivity contribution < 1.29 is 9.18 Å². The van der Waals surface area contributed by atoms with Crippen molar-refractivity contribution in [2.24, 2.45) is 0 Å². The van der Waals surface area contributed by atoms with E-state index in [-0.39, 0.29) is 16.7 Å². The fourth-order valence-corrected chi connectivity index (χ4v) is 1.27. The van der Waals surface area contributed by atoms with E-state index in [4.69, 9.17) is 11.6 Å². The lowest BCUT2D eigenvalue weighted by Gasteiger charge is -2.03. The first kappa shape index (κ1) is 11.5. The maximum Gasteiger partial charge on any atom is 0.276 e. The summed E-state index contributed by atoms with van der Waals surface area (Å²) >= 11 is 5.55. The molecule has 0 saturated heterocycles. The van der Waals surface area contributed by atoms with Gasteiger partial charge in [0.2, 0.25) is 0 Å². The van der Waals surface area contributed by atoms with Crippen molar-refractivity contribution in [3.05, 3.63) is 53.1 Å². The molecule has 17 heavy (non-hydrogen) atoms. The van der Waals surface area contributed by atoms with Crippen molar-refractivity contribution in [1.29, 1.82) is 0 Å². The predicted octanol–water partition coefficient (Wildman–Crippen LogP) is 2.52. The van der Waals surface area contributed by atoms with Crippen molar-refractivity contribution in [3.63, 3.8) is 0 Å². The Kier molecular flexibility index (Phi) is 3.30. The minimum Gasteiger partial charge on any atom is -0.321 e. The summed E-state index contributed by atoms with van der Waals surface area (Å²) in [6, 6.07) is 8.34. The highest BCUT2D eigenvalue weighted by Gasteiger charge is 2.08. The fraction of sp³-hybridized carbons (Fsp3) is 0. The Bertz CT molecular complexity index is 527. The lowest BCUT2D eigenvalue weighted by atomic mass is 10.3. The second kappa shape index (κ2) is 4.88. The zero-order chi connectivity index (χ0) is 12.3. The van der Waals surface area contributed by atoms with E-state index in [1.165, 1.54) is 36.4 Å². The molecule has 0 unspecified atom stereocenters. The van der Waals surface area contributed by atoms with Crippen LogP contribution in [0.4, 0.5) is 10.1 Å². The van der Waals surface area contributed by atoms with Gasteiger partial charge in [0.1, 0.15) is 5.82 Å². The van der Waals surface area contributed by atoms with Crippen LogP contribution in [0.2, 0.25) is 5.15 Å². The molecule has 0 bridgehead atoms. The molecule has 0 radical (unpaired) electrons. The van der Waals surface area contributed by atoms with Crippen LogP contribution in [0, 0.1) is 5.82 Å². The first-order valence-electron chi connectivity index (χ1n) is 4.71. The molecule has 1 aromatic heterocycles. The molecule has 2 rings (SSSR count). The summed E-state index contributed by atoms with van der Waals surface area (Å²) in [5, 5.41) is 9.94. The molecule has 86 valence electrons. The number of halogens is 2. The van der Waals surface area contributed by atoms with Crippen LogP contribution in [0.1, 0.15) is 10.5 Å². The fourth-order valence-electron chi connectivity index (χ4n) is 1.17. The highest BCUT2D eigenvalue weighted by atomic mass is 35.5. The molecule has 1 N–H and O–H groups in total. The van der Waals surface area contributed by atoms with Gasteiger partial charge in [-0.05, 0) is 36.4 Å². The Morgan fingerprint density at radius 1 is 1.12 bits per heavy atom. The number of carbonyl (C=O) groups excluding carboxylic acids is 1. The molecule has 0 fully saturated rings. The van der Waals surface area contributed by atoms with E-state index in [2.05, 4.69) is 15.5 Å². The normalized spacial score (nSPS) is 10.0. The number of amides is 1. The smallest absolute Gasteiger partial charge is 0.276 e. The van der Waals surface area contributed by atoms with Gasteiger partial charge in [-0.3, -0.25) is 4.79 Å². The third kappa shape index (κ3) is 2.98. The lowest BCUT2D eigenvalue weighted by Crippen LogP contribution is -2.14. The molecule has 1 amide bonds. The van der Waals surface area contributed by atoms with Gasteiger partial charge in [-0.15, -0.1) is 10.2 Å². The Hall–Kier alpha value is -2.01. The molecule has 1 aromatic carbocycles. The number of carbonyl (C=O) groups is 1. The van der Waals surface area contributed by atoms with Crippen molar-refractivity contribution in [2.75, 3.05) is 5.32 Å². The average molecular weight is 252 g/mol. The van der Waals surface area contributed by atoms with Gasteiger partial charge in [0.25, 0.3) is 5.91 Å². The number of benzene rings is 1. The molecular formula is C11H7ClFN3O. The predicted molar refractivity (Wildman–Crippen MR) is 61.4 cm³/mol. The minimum absolute atomic E-state index is 0.138. The number of hydrogen-bond acceptors (Lipinski definition) is 3. The minimum atomic E-state index is -0.430. The summed E-state index contributed by atoms with van der Waals surface area (Å²) in [7, 11) is 0. The Morgan fingerprint density at radius 3 is 2.41 bits per heavy atom. The lowest BCUT2D eigenvalue weighted by molar-refractivity contribution is 0.102. The monoisotopic (exact) mass is 251 g/mol. The highest BCUT2D eigenvalue weighted by molar-refractivity contribution is 6.29. The maximum absolute atomic E-state index is 12.6. The highest BCUT2D eigenvalue weighted by Crippen LogP contribution is 2.10. The Balaban J connectivity index is 2.11. The van der Waals surface area contributed by atoms with Gasteiger partial charge >= 0.3 is 0 Å². The van der Waals surface area contributed by atoms with Crippen LogP contribution < -0.4 is 5.32 Å². The summed E-state index contributed by atoms with van der Waals surface area (Å²) < 4.78 is 12.6. The van der Waals surface area contributed by atoms with E-state index >= 15 is 0 Å². The van der Waals surface area contributed by atoms with Crippen molar-refractivity contribution in [1.82, 2.24) is 10.2 Å². The Morgan fingerprint density at radius 2 is 1.82 bits per heavy atom. The quantitative estimate of drug-likeness (QED) is 0.892. The second-order valence-electron chi connectivity index (χ2n) is 3.20. The van der Waals surface area contributed by atoms with Gasteiger partial charge in [0.05, 0.1) is 0 Å². The van der Waals surface area contributed by atoms with Gasteiger partial charge in [-0.1, -0.05) is 11.6 Å². The number of anilines is 1. The van der Waals surface area contributed by atoms with Gasteiger partial charge < -0.3 is 5.32 Å². The molecule has 0 atom stereocenters. The third-order valence-corrected chi connectivity index (χ3v) is 2.17. The Labute approximate surface area is 101 Å². The molecule has 0 saturated carbocycles. The van der Waals surface area contributed by atoms with Crippen LogP contribution in [0.15, 0.2) is 36.4 Å². The molecule has 0 aliphatic heterocycles. The van der Waals surface area contributed by atoms with E-state index in [0.29, 0.717) is 5.69 Å². The maximum atomic E-state index is 12.6. The van der Waals surface area contributed by atoms with Gasteiger partial charge in [0, 0.05) is 5.69 Å². The van der Waals surface area contributed by atoms with Gasteiger partial charge in [0.15, 0.2) is 10.8 Å². The summed E-state index contributed by atoms with van der Waals surface area (Å²) in [5.74, 6) is -0.796. The largest absolute Gasteiger partial charge is 0.321 e. The summed E-state index contributed by atoms with van der Waals surface area (Å²) in [4.78, 5) is 11.7. The van der Waals surface area contributed by atoms with Crippen molar-refractivity contribution in [3.8, 4) is 0 Å². The number of nitrogens with one attached hydrogen (secondary N) is 1.